The van der Waals surface area contributed by atoms with E-state index < -0.39 is 0 Å². The van der Waals surface area contributed by atoms with Gasteiger partial charge in [0.25, 0.3) is 0 Å². The average molecular weight is 429 g/mol. The predicted octanol–water partition coefficient (Wildman–Crippen LogP) is 3.96. The number of benzene rings is 1. The Kier molecular flexibility index (Phi) is 5.06. The van der Waals surface area contributed by atoms with Crippen molar-refractivity contribution in [3.8, 4) is 17.3 Å². The molecule has 0 saturated carbocycles. The van der Waals surface area contributed by atoms with Crippen LogP contribution in [0.3, 0.4) is 0 Å². The maximum atomic E-state index is 5.79. The molecule has 0 fully saturated rings. The fraction of sp³-hybridized carbons (Fsp3) is 0.217. The molecule has 1 aliphatic rings. The van der Waals surface area contributed by atoms with E-state index in [1.807, 2.05) is 35.9 Å². The Morgan fingerprint density at radius 1 is 1.06 bits per heavy atom. The minimum absolute atomic E-state index is 0.447. The number of aryl methyl sites for hydroxylation is 2. The minimum Gasteiger partial charge on any atom is -0.493 e. The van der Waals surface area contributed by atoms with E-state index in [-0.39, 0.29) is 0 Å². The lowest BCUT2D eigenvalue weighted by molar-refractivity contribution is 0.310. The van der Waals surface area contributed by atoms with E-state index in [2.05, 4.69) is 44.2 Å². The van der Waals surface area contributed by atoms with Gasteiger partial charge < -0.3 is 19.7 Å². The second-order valence-corrected chi connectivity index (χ2v) is 7.47. The van der Waals surface area contributed by atoms with Crippen molar-refractivity contribution in [2.24, 2.45) is 0 Å². The first-order chi connectivity index (χ1) is 15.6. The predicted molar refractivity (Wildman–Crippen MR) is 122 cm³/mol. The summed E-state index contributed by atoms with van der Waals surface area (Å²) >= 11 is 0. The monoisotopic (exact) mass is 429 g/mol. The van der Waals surface area contributed by atoms with Crippen molar-refractivity contribution in [2.75, 3.05) is 30.5 Å². The summed E-state index contributed by atoms with van der Waals surface area (Å²) in [6.45, 7) is 5.30. The summed E-state index contributed by atoms with van der Waals surface area (Å²) < 4.78 is 13.2. The molecule has 5 rings (SSSR count). The van der Waals surface area contributed by atoms with Gasteiger partial charge in [0.1, 0.15) is 12.9 Å². The van der Waals surface area contributed by atoms with Crippen LogP contribution in [-0.2, 0) is 0 Å². The Labute approximate surface area is 185 Å². The Morgan fingerprint density at radius 2 is 1.94 bits per heavy atom. The molecule has 4 aromatic rings. The number of aromatic nitrogens is 5. The van der Waals surface area contributed by atoms with Crippen molar-refractivity contribution in [1.29, 1.82) is 0 Å². The van der Waals surface area contributed by atoms with E-state index in [1.54, 1.807) is 25.8 Å². The molecule has 1 N–H and O–H groups in total. The number of fused-ring (bicyclic) bond motifs is 1. The fourth-order valence-corrected chi connectivity index (χ4v) is 3.69. The number of imidazole rings is 1. The molecule has 9 nitrogen and oxygen atoms in total. The van der Waals surface area contributed by atoms with Crippen LogP contribution in [0.15, 0.2) is 55.2 Å². The van der Waals surface area contributed by atoms with E-state index in [0.717, 1.165) is 17.2 Å². The van der Waals surface area contributed by atoms with Gasteiger partial charge in [-0.1, -0.05) is 18.2 Å². The van der Waals surface area contributed by atoms with Crippen LogP contribution in [0.1, 0.15) is 11.3 Å². The second-order valence-electron chi connectivity index (χ2n) is 7.47. The maximum Gasteiger partial charge on any atom is 0.229 e. The molecule has 0 aliphatic carbocycles. The zero-order chi connectivity index (χ0) is 22.1. The standard InChI is InChI=1S/C23H23N7O2/c1-15-6-4-5-7-18(15)30-8-9-32-20-12-25-23(28-22(20)30)27-17-10-19(31-3)21(24-11-17)29-13-16(2)26-14-29/h4-7,10-14H,8-9H2,1-3H3,(H,25,27,28). The lowest BCUT2D eigenvalue weighted by Gasteiger charge is -2.31. The number of nitrogens with one attached hydrogen (secondary N) is 1. The van der Waals surface area contributed by atoms with E-state index >= 15 is 0 Å². The lowest BCUT2D eigenvalue weighted by atomic mass is 10.1. The first kappa shape index (κ1) is 19.8. The molecule has 3 aromatic heterocycles. The highest BCUT2D eigenvalue weighted by Crippen LogP contribution is 2.36. The van der Waals surface area contributed by atoms with Crippen LogP contribution in [-0.4, -0.2) is 44.8 Å². The zero-order valence-corrected chi connectivity index (χ0v) is 18.1. The fourth-order valence-electron chi connectivity index (χ4n) is 3.69. The number of hydrogen-bond donors (Lipinski definition) is 1. The number of para-hydroxylation sites is 1. The molecule has 0 spiro atoms. The number of rotatable bonds is 5. The number of hydrogen-bond acceptors (Lipinski definition) is 8. The van der Waals surface area contributed by atoms with E-state index in [4.69, 9.17) is 14.5 Å². The number of pyridine rings is 1. The zero-order valence-electron chi connectivity index (χ0n) is 18.1. The lowest BCUT2D eigenvalue weighted by Crippen LogP contribution is -2.30. The molecular weight excluding hydrogens is 406 g/mol. The first-order valence-corrected chi connectivity index (χ1v) is 10.3. The highest BCUT2D eigenvalue weighted by molar-refractivity contribution is 5.70. The van der Waals surface area contributed by atoms with Gasteiger partial charge in [-0.15, -0.1) is 0 Å². The Morgan fingerprint density at radius 3 is 2.72 bits per heavy atom. The van der Waals surface area contributed by atoms with Gasteiger partial charge in [0.05, 0.1) is 37.4 Å². The Hall–Kier alpha value is -4.14. The second kappa shape index (κ2) is 8.18. The van der Waals surface area contributed by atoms with Gasteiger partial charge in [0.15, 0.2) is 23.1 Å². The molecule has 1 aromatic carbocycles. The van der Waals surface area contributed by atoms with Crippen LogP contribution < -0.4 is 19.7 Å². The molecule has 162 valence electrons. The van der Waals surface area contributed by atoms with Crippen LogP contribution >= 0.6 is 0 Å². The van der Waals surface area contributed by atoms with Crippen molar-refractivity contribution in [3.05, 3.63) is 66.5 Å². The van der Waals surface area contributed by atoms with Gasteiger partial charge in [-0.3, -0.25) is 4.57 Å². The van der Waals surface area contributed by atoms with E-state index in [1.165, 1.54) is 5.56 Å². The first-order valence-electron chi connectivity index (χ1n) is 10.3. The van der Waals surface area contributed by atoms with Crippen molar-refractivity contribution in [3.63, 3.8) is 0 Å². The van der Waals surface area contributed by atoms with Crippen molar-refractivity contribution in [2.45, 2.75) is 13.8 Å². The van der Waals surface area contributed by atoms with E-state index in [9.17, 15) is 0 Å². The van der Waals surface area contributed by atoms with Crippen LogP contribution in [0.5, 0.6) is 11.5 Å². The van der Waals surface area contributed by atoms with Crippen LogP contribution in [0, 0.1) is 13.8 Å². The summed E-state index contributed by atoms with van der Waals surface area (Å²) in [5.41, 5.74) is 3.89. The summed E-state index contributed by atoms with van der Waals surface area (Å²) in [4.78, 5) is 20.1. The molecule has 0 unspecified atom stereocenters. The topological polar surface area (TPSA) is 90.2 Å². The summed E-state index contributed by atoms with van der Waals surface area (Å²) in [7, 11) is 1.61. The van der Waals surface area contributed by atoms with Crippen molar-refractivity contribution >= 4 is 23.1 Å². The highest BCUT2D eigenvalue weighted by Gasteiger charge is 2.23. The van der Waals surface area contributed by atoms with Crippen molar-refractivity contribution < 1.29 is 9.47 Å². The summed E-state index contributed by atoms with van der Waals surface area (Å²) in [5.74, 6) is 3.10. The van der Waals surface area contributed by atoms with Crippen LogP contribution in [0.2, 0.25) is 0 Å². The van der Waals surface area contributed by atoms with Crippen molar-refractivity contribution in [1.82, 2.24) is 24.5 Å². The van der Waals surface area contributed by atoms with Gasteiger partial charge in [-0.2, -0.15) is 4.98 Å². The molecular formula is C23H23N7O2. The Bertz CT molecular complexity index is 1270. The molecule has 0 atom stereocenters. The molecule has 0 radical (unpaired) electrons. The third kappa shape index (κ3) is 3.68. The summed E-state index contributed by atoms with van der Waals surface area (Å²) in [6, 6.07) is 10.1. The quantitative estimate of drug-likeness (QED) is 0.510. The number of nitrogens with zero attached hydrogens (tertiary/aromatic N) is 6. The third-order valence-corrected chi connectivity index (χ3v) is 5.24. The molecule has 0 bridgehead atoms. The van der Waals surface area contributed by atoms with Crippen LogP contribution in [0.4, 0.5) is 23.1 Å². The molecule has 32 heavy (non-hydrogen) atoms. The summed E-state index contributed by atoms with van der Waals surface area (Å²) in [5, 5.41) is 3.23. The van der Waals surface area contributed by atoms with Crippen LogP contribution in [0.25, 0.3) is 5.82 Å². The normalized spacial score (nSPS) is 12.8. The smallest absolute Gasteiger partial charge is 0.229 e. The number of ether oxygens (including phenoxy) is 2. The molecule has 1 aliphatic heterocycles. The minimum atomic E-state index is 0.447. The van der Waals surface area contributed by atoms with Gasteiger partial charge in [0.2, 0.25) is 5.95 Å². The molecule has 0 saturated heterocycles. The number of anilines is 4. The van der Waals surface area contributed by atoms with E-state index in [0.29, 0.717) is 42.1 Å². The molecule has 0 amide bonds. The number of methoxy groups -OCH3 is 1. The van der Waals surface area contributed by atoms with Gasteiger partial charge in [0, 0.05) is 18.0 Å². The van der Waals surface area contributed by atoms with Gasteiger partial charge in [-0.05, 0) is 25.5 Å². The maximum absolute atomic E-state index is 5.79. The highest BCUT2D eigenvalue weighted by atomic mass is 16.5. The average Bonchev–Trinajstić information content (AvgIpc) is 3.25. The molecule has 4 heterocycles. The molecule has 9 heteroatoms. The third-order valence-electron chi connectivity index (χ3n) is 5.24. The summed E-state index contributed by atoms with van der Waals surface area (Å²) in [6.07, 6.45) is 7.01. The largest absolute Gasteiger partial charge is 0.493 e. The van der Waals surface area contributed by atoms with Gasteiger partial charge >= 0.3 is 0 Å². The Balaban J connectivity index is 1.46. The van der Waals surface area contributed by atoms with Gasteiger partial charge in [-0.25, -0.2) is 15.0 Å². The SMILES string of the molecule is COc1cc(Nc2ncc3c(n2)N(c2ccccc2C)CCO3)cnc1-n1cnc(C)c1.